The summed E-state index contributed by atoms with van der Waals surface area (Å²) in [7, 11) is 3.18. The number of nitrogens with zero attached hydrogens (tertiary/aromatic N) is 3. The maximum absolute atomic E-state index is 12.2. The summed E-state index contributed by atoms with van der Waals surface area (Å²) in [6, 6.07) is 13.3. The molecule has 1 fully saturated rings. The second kappa shape index (κ2) is 11.0. The lowest BCUT2D eigenvalue weighted by Gasteiger charge is -2.34. The molecule has 0 radical (unpaired) electrons. The number of ether oxygens (including phenoxy) is 2. The molecule has 1 heterocycles. The van der Waals surface area contributed by atoms with E-state index in [2.05, 4.69) is 32.5 Å². The van der Waals surface area contributed by atoms with E-state index in [1.807, 2.05) is 12.1 Å². The first-order chi connectivity index (χ1) is 14.6. The van der Waals surface area contributed by atoms with Gasteiger partial charge in [0.05, 0.1) is 27.0 Å². The Balaban J connectivity index is 1.43. The number of halogens is 1. The standard InChI is InChI=1S/C22H27ClN4O3/c1-29-20-7-8-21(30-2)18(13-20)14-24-25-22(28)16-27-11-9-26(10-12-27)15-17-3-5-19(23)6-4-17/h3-8,13-14H,9-12,15-16H2,1-2H3,(H,25,28)/b24-14+. The minimum Gasteiger partial charge on any atom is -0.497 e. The number of nitrogens with one attached hydrogen (secondary N) is 1. The highest BCUT2D eigenvalue weighted by molar-refractivity contribution is 6.30. The Morgan fingerprint density at radius 3 is 2.43 bits per heavy atom. The van der Waals surface area contributed by atoms with Crippen molar-refractivity contribution in [3.63, 3.8) is 0 Å². The monoisotopic (exact) mass is 430 g/mol. The first-order valence-corrected chi connectivity index (χ1v) is 10.2. The van der Waals surface area contributed by atoms with Gasteiger partial charge in [0.25, 0.3) is 5.91 Å². The number of hydrazone groups is 1. The molecular weight excluding hydrogens is 404 g/mol. The molecule has 160 valence electrons. The van der Waals surface area contributed by atoms with Gasteiger partial charge in [-0.3, -0.25) is 14.6 Å². The number of benzene rings is 2. The van der Waals surface area contributed by atoms with Crippen LogP contribution in [0.25, 0.3) is 0 Å². The predicted molar refractivity (Wildman–Crippen MR) is 118 cm³/mol. The average molecular weight is 431 g/mol. The normalized spacial score (nSPS) is 15.3. The van der Waals surface area contributed by atoms with E-state index in [0.717, 1.165) is 43.3 Å². The van der Waals surface area contributed by atoms with E-state index in [-0.39, 0.29) is 5.91 Å². The van der Waals surface area contributed by atoms with Crippen LogP contribution in [-0.2, 0) is 11.3 Å². The number of carbonyl (C=O) groups excluding carboxylic acids is 1. The summed E-state index contributed by atoms with van der Waals surface area (Å²) in [6.45, 7) is 4.73. The zero-order valence-electron chi connectivity index (χ0n) is 17.3. The van der Waals surface area contributed by atoms with Crippen molar-refractivity contribution < 1.29 is 14.3 Å². The van der Waals surface area contributed by atoms with Crippen LogP contribution in [0.3, 0.4) is 0 Å². The summed E-state index contributed by atoms with van der Waals surface area (Å²) >= 11 is 5.94. The van der Waals surface area contributed by atoms with Crippen LogP contribution >= 0.6 is 11.6 Å². The Morgan fingerprint density at radius 1 is 1.07 bits per heavy atom. The molecule has 30 heavy (non-hydrogen) atoms. The number of amides is 1. The second-order valence-electron chi connectivity index (χ2n) is 7.08. The van der Waals surface area contributed by atoms with Crippen LogP contribution in [-0.4, -0.2) is 68.9 Å². The Morgan fingerprint density at radius 2 is 1.77 bits per heavy atom. The number of methoxy groups -OCH3 is 2. The fraction of sp³-hybridized carbons (Fsp3) is 0.364. The van der Waals surface area contributed by atoms with Gasteiger partial charge in [-0.15, -0.1) is 0 Å². The zero-order chi connectivity index (χ0) is 21.3. The highest BCUT2D eigenvalue weighted by Gasteiger charge is 2.18. The predicted octanol–water partition coefficient (Wildman–Crippen LogP) is 2.63. The third-order valence-corrected chi connectivity index (χ3v) is 5.23. The van der Waals surface area contributed by atoms with E-state index in [9.17, 15) is 4.79 Å². The third kappa shape index (κ3) is 6.45. The van der Waals surface area contributed by atoms with Gasteiger partial charge in [-0.05, 0) is 35.9 Å². The molecule has 7 nitrogen and oxygen atoms in total. The van der Waals surface area contributed by atoms with Crippen molar-refractivity contribution in [3.8, 4) is 11.5 Å². The van der Waals surface area contributed by atoms with Crippen molar-refractivity contribution in [3.05, 3.63) is 58.6 Å². The highest BCUT2D eigenvalue weighted by Crippen LogP contribution is 2.22. The van der Waals surface area contributed by atoms with Gasteiger partial charge < -0.3 is 9.47 Å². The molecule has 3 rings (SSSR count). The number of carbonyl (C=O) groups is 1. The lowest BCUT2D eigenvalue weighted by atomic mass is 10.2. The third-order valence-electron chi connectivity index (χ3n) is 4.98. The van der Waals surface area contributed by atoms with Crippen LogP contribution in [0.2, 0.25) is 5.02 Å². The van der Waals surface area contributed by atoms with E-state index in [4.69, 9.17) is 21.1 Å². The number of rotatable bonds is 8. The second-order valence-corrected chi connectivity index (χ2v) is 7.52. The van der Waals surface area contributed by atoms with Crippen molar-refractivity contribution >= 4 is 23.7 Å². The Labute approximate surface area is 182 Å². The van der Waals surface area contributed by atoms with Gasteiger partial charge >= 0.3 is 0 Å². The van der Waals surface area contributed by atoms with E-state index in [1.54, 1.807) is 38.6 Å². The zero-order valence-corrected chi connectivity index (χ0v) is 18.1. The van der Waals surface area contributed by atoms with E-state index in [0.29, 0.717) is 18.0 Å². The fourth-order valence-electron chi connectivity index (χ4n) is 3.31. The molecule has 2 aromatic carbocycles. The molecule has 0 atom stereocenters. The Kier molecular flexibility index (Phi) is 8.07. The molecule has 0 spiro atoms. The summed E-state index contributed by atoms with van der Waals surface area (Å²) in [5.41, 5.74) is 4.56. The van der Waals surface area contributed by atoms with E-state index >= 15 is 0 Å². The lowest BCUT2D eigenvalue weighted by Crippen LogP contribution is -2.48. The average Bonchev–Trinajstić information content (AvgIpc) is 2.76. The van der Waals surface area contributed by atoms with Crippen molar-refractivity contribution in [1.82, 2.24) is 15.2 Å². The molecule has 0 unspecified atom stereocenters. The summed E-state index contributed by atoms with van der Waals surface area (Å²) < 4.78 is 10.5. The van der Waals surface area contributed by atoms with Gasteiger partial charge in [0.2, 0.25) is 0 Å². The molecule has 0 saturated carbocycles. The van der Waals surface area contributed by atoms with Gasteiger partial charge in [0, 0.05) is 43.3 Å². The SMILES string of the molecule is COc1ccc(OC)c(/C=N/NC(=O)CN2CCN(Cc3ccc(Cl)cc3)CC2)c1. The minimum absolute atomic E-state index is 0.140. The Bertz CT molecular complexity index is 865. The molecule has 1 aliphatic rings. The summed E-state index contributed by atoms with van der Waals surface area (Å²) in [5.74, 6) is 1.21. The van der Waals surface area contributed by atoms with Crippen LogP contribution in [0.1, 0.15) is 11.1 Å². The summed E-state index contributed by atoms with van der Waals surface area (Å²) in [6.07, 6.45) is 1.56. The van der Waals surface area contributed by atoms with Gasteiger partial charge in [-0.25, -0.2) is 5.43 Å². The molecule has 1 amide bonds. The minimum atomic E-state index is -0.140. The molecule has 0 bridgehead atoms. The highest BCUT2D eigenvalue weighted by atomic mass is 35.5. The van der Waals surface area contributed by atoms with Gasteiger partial charge in [-0.1, -0.05) is 23.7 Å². The molecule has 8 heteroatoms. The fourth-order valence-corrected chi connectivity index (χ4v) is 3.43. The molecule has 2 aromatic rings. The molecule has 1 saturated heterocycles. The van der Waals surface area contributed by atoms with Crippen LogP contribution in [0.4, 0.5) is 0 Å². The van der Waals surface area contributed by atoms with Crippen LogP contribution in [0, 0.1) is 0 Å². The maximum atomic E-state index is 12.2. The van der Waals surface area contributed by atoms with E-state index < -0.39 is 0 Å². The molecular formula is C22H27ClN4O3. The van der Waals surface area contributed by atoms with E-state index in [1.165, 1.54) is 5.56 Å². The quantitative estimate of drug-likeness (QED) is 0.515. The number of piperazine rings is 1. The van der Waals surface area contributed by atoms with Crippen molar-refractivity contribution in [2.75, 3.05) is 46.9 Å². The molecule has 1 N–H and O–H groups in total. The molecule has 0 aromatic heterocycles. The van der Waals surface area contributed by atoms with Crippen molar-refractivity contribution in [2.24, 2.45) is 5.10 Å². The molecule has 1 aliphatic heterocycles. The number of hydrogen-bond acceptors (Lipinski definition) is 6. The smallest absolute Gasteiger partial charge is 0.254 e. The largest absolute Gasteiger partial charge is 0.497 e. The maximum Gasteiger partial charge on any atom is 0.254 e. The van der Waals surface area contributed by atoms with Gasteiger partial charge in [0.1, 0.15) is 11.5 Å². The van der Waals surface area contributed by atoms with Crippen molar-refractivity contribution in [1.29, 1.82) is 0 Å². The topological polar surface area (TPSA) is 66.4 Å². The summed E-state index contributed by atoms with van der Waals surface area (Å²) in [5, 5.41) is 4.81. The first kappa shape index (κ1) is 22.1. The first-order valence-electron chi connectivity index (χ1n) is 9.80. The Hall–Kier alpha value is -2.61. The van der Waals surface area contributed by atoms with Gasteiger partial charge in [-0.2, -0.15) is 5.10 Å². The summed E-state index contributed by atoms with van der Waals surface area (Å²) in [4.78, 5) is 16.7. The van der Waals surface area contributed by atoms with Crippen LogP contribution < -0.4 is 14.9 Å². The van der Waals surface area contributed by atoms with Crippen LogP contribution in [0.5, 0.6) is 11.5 Å². The molecule has 0 aliphatic carbocycles. The van der Waals surface area contributed by atoms with Gasteiger partial charge in [0.15, 0.2) is 0 Å². The number of hydrogen-bond donors (Lipinski definition) is 1. The van der Waals surface area contributed by atoms with Crippen molar-refractivity contribution in [2.45, 2.75) is 6.54 Å². The lowest BCUT2D eigenvalue weighted by molar-refractivity contribution is -0.122. The van der Waals surface area contributed by atoms with Crippen LogP contribution in [0.15, 0.2) is 47.6 Å².